The normalized spacial score (nSPS) is 24.1. The average molecular weight is 601 g/mol. The lowest BCUT2D eigenvalue weighted by molar-refractivity contribution is -0.151. The van der Waals surface area contributed by atoms with Crippen LogP contribution in [0.3, 0.4) is 0 Å². The van der Waals surface area contributed by atoms with E-state index in [1.807, 2.05) is 39.8 Å². The Morgan fingerprint density at radius 2 is 1.45 bits per heavy atom. The number of Topliss-reactive ketones (excluding diaryl/α,β-unsaturated/α-hetero) is 2. The third-order valence-electron chi connectivity index (χ3n) is 10.1. The highest BCUT2D eigenvalue weighted by Crippen LogP contribution is 2.65. The van der Waals surface area contributed by atoms with Crippen LogP contribution in [0.4, 0.5) is 0 Å². The topological polar surface area (TPSA) is 105 Å². The molecule has 2 bridgehead atoms. The Morgan fingerprint density at radius 1 is 0.864 bits per heavy atom. The monoisotopic (exact) mass is 600 g/mol. The van der Waals surface area contributed by atoms with E-state index in [1.54, 1.807) is 0 Å². The third-order valence-corrected chi connectivity index (χ3v) is 10.1. The van der Waals surface area contributed by atoms with Crippen molar-refractivity contribution >= 4 is 22.5 Å². The van der Waals surface area contributed by atoms with Gasteiger partial charge in [-0.25, -0.2) is 0 Å². The van der Waals surface area contributed by atoms with Gasteiger partial charge in [-0.3, -0.25) is 14.4 Å². The quantitative estimate of drug-likeness (QED) is 0.169. The number of ketones is 2. The van der Waals surface area contributed by atoms with Crippen LogP contribution < -0.4 is 5.43 Å². The van der Waals surface area contributed by atoms with Crippen molar-refractivity contribution in [3.8, 4) is 11.5 Å². The first kappa shape index (κ1) is 33.2. The van der Waals surface area contributed by atoms with E-state index in [1.165, 1.54) is 17.2 Å². The zero-order valence-electron chi connectivity index (χ0n) is 27.8. The molecule has 1 heterocycles. The van der Waals surface area contributed by atoms with E-state index in [-0.39, 0.29) is 46.8 Å². The fourth-order valence-electron chi connectivity index (χ4n) is 7.24. The number of carbonyl (C=O) groups is 2. The number of aromatic hydroxyl groups is 2. The van der Waals surface area contributed by atoms with Gasteiger partial charge in [0.2, 0.25) is 5.43 Å². The van der Waals surface area contributed by atoms with Crippen molar-refractivity contribution in [2.24, 2.45) is 16.7 Å². The number of phenolic OH excluding ortho intramolecular Hbond substituents is 2. The average Bonchev–Trinajstić information content (AvgIpc) is 2.92. The van der Waals surface area contributed by atoms with Crippen LogP contribution >= 0.6 is 0 Å². The number of hydrogen-bond donors (Lipinski definition) is 2. The molecule has 0 aliphatic heterocycles. The summed E-state index contributed by atoms with van der Waals surface area (Å²) in [6, 6.07) is 2.32. The maximum atomic E-state index is 15.2. The molecule has 44 heavy (non-hydrogen) atoms. The van der Waals surface area contributed by atoms with E-state index in [9.17, 15) is 19.8 Å². The molecule has 0 radical (unpaired) electrons. The van der Waals surface area contributed by atoms with Gasteiger partial charge >= 0.3 is 0 Å². The molecular weight excluding hydrogens is 552 g/mol. The van der Waals surface area contributed by atoms with Crippen LogP contribution in [0.5, 0.6) is 11.5 Å². The summed E-state index contributed by atoms with van der Waals surface area (Å²) >= 11 is 0. The lowest BCUT2D eigenvalue weighted by Gasteiger charge is -2.60. The van der Waals surface area contributed by atoms with Gasteiger partial charge in [-0.1, -0.05) is 60.4 Å². The van der Waals surface area contributed by atoms with Crippen molar-refractivity contribution < 1.29 is 24.2 Å². The van der Waals surface area contributed by atoms with Gasteiger partial charge in [0, 0.05) is 6.07 Å². The second kappa shape index (κ2) is 12.0. The lowest BCUT2D eigenvalue weighted by Crippen LogP contribution is -2.68. The SMILES string of the molecule is CC(C)=CCC/C(C)=C/C[C@H]1C[C@@]2(CC=C(C)C)C(=O)c3c(oc4cc(O)c(O)cc4c3=O)[C@@](CC=C(C)C)(C2=O)C1(C)C. The minimum atomic E-state index is -1.43. The van der Waals surface area contributed by atoms with E-state index < -0.39 is 39.0 Å². The van der Waals surface area contributed by atoms with E-state index in [0.29, 0.717) is 12.8 Å². The Hall–Kier alpha value is -3.67. The molecule has 6 nitrogen and oxygen atoms in total. The van der Waals surface area contributed by atoms with Crippen molar-refractivity contribution in [3.63, 3.8) is 0 Å². The molecule has 4 rings (SSSR count). The highest BCUT2D eigenvalue weighted by Gasteiger charge is 2.72. The van der Waals surface area contributed by atoms with Crippen molar-refractivity contribution in [1.29, 1.82) is 0 Å². The Balaban J connectivity index is 2.06. The molecule has 1 aromatic carbocycles. The predicted molar refractivity (Wildman–Crippen MR) is 176 cm³/mol. The fraction of sp³-hybridized carbons (Fsp3) is 0.500. The maximum absolute atomic E-state index is 15.2. The fourth-order valence-corrected chi connectivity index (χ4v) is 7.24. The molecule has 0 saturated heterocycles. The lowest BCUT2D eigenvalue weighted by atomic mass is 9.40. The van der Waals surface area contributed by atoms with Crippen LogP contribution in [-0.4, -0.2) is 21.8 Å². The van der Waals surface area contributed by atoms with Crippen LogP contribution in [-0.2, 0) is 10.2 Å². The Labute approximate surface area is 261 Å². The highest BCUT2D eigenvalue weighted by atomic mass is 16.3. The summed E-state index contributed by atoms with van der Waals surface area (Å²) in [6.45, 7) is 18.3. The Bertz CT molecular complexity index is 1680. The van der Waals surface area contributed by atoms with E-state index >= 15 is 4.79 Å². The number of hydrogen-bond acceptors (Lipinski definition) is 6. The summed E-state index contributed by atoms with van der Waals surface area (Å²) in [4.78, 5) is 44.1. The summed E-state index contributed by atoms with van der Waals surface area (Å²) in [5.41, 5.74) is 0.452. The molecule has 1 saturated carbocycles. The molecule has 2 aliphatic carbocycles. The minimum Gasteiger partial charge on any atom is -0.504 e. The summed E-state index contributed by atoms with van der Waals surface area (Å²) < 4.78 is 6.44. The van der Waals surface area contributed by atoms with Gasteiger partial charge in [-0.2, -0.15) is 0 Å². The van der Waals surface area contributed by atoms with Crippen LogP contribution in [0.25, 0.3) is 11.0 Å². The summed E-state index contributed by atoms with van der Waals surface area (Å²) in [5, 5.41) is 20.5. The van der Waals surface area contributed by atoms with E-state index in [2.05, 4.69) is 46.8 Å². The first-order valence-corrected chi connectivity index (χ1v) is 15.7. The minimum absolute atomic E-state index is 0.00108. The second-order valence-corrected chi connectivity index (χ2v) is 14.3. The van der Waals surface area contributed by atoms with Crippen molar-refractivity contribution in [3.05, 3.63) is 80.3 Å². The molecule has 2 aliphatic rings. The molecule has 2 N–H and O–H groups in total. The van der Waals surface area contributed by atoms with Crippen LogP contribution in [0, 0.1) is 16.7 Å². The maximum Gasteiger partial charge on any atom is 0.204 e. The van der Waals surface area contributed by atoms with E-state index in [0.717, 1.165) is 30.1 Å². The van der Waals surface area contributed by atoms with Gasteiger partial charge in [0.1, 0.15) is 16.9 Å². The molecule has 0 amide bonds. The van der Waals surface area contributed by atoms with Gasteiger partial charge < -0.3 is 14.6 Å². The summed E-state index contributed by atoms with van der Waals surface area (Å²) in [7, 11) is 0. The number of allylic oxidation sites excluding steroid dienone is 8. The van der Waals surface area contributed by atoms with Gasteiger partial charge in [-0.15, -0.1) is 0 Å². The zero-order chi connectivity index (χ0) is 32.8. The van der Waals surface area contributed by atoms with Gasteiger partial charge in [0.25, 0.3) is 0 Å². The van der Waals surface area contributed by atoms with Crippen LogP contribution in [0.2, 0.25) is 0 Å². The Morgan fingerprint density at radius 3 is 2.07 bits per heavy atom. The summed E-state index contributed by atoms with van der Waals surface area (Å²) in [6.07, 6.45) is 11.8. The van der Waals surface area contributed by atoms with Crippen LogP contribution in [0.1, 0.15) is 117 Å². The molecule has 6 heteroatoms. The molecule has 2 aromatic rings. The molecular formula is C38H48O6. The van der Waals surface area contributed by atoms with Gasteiger partial charge in [-0.05, 0) is 104 Å². The van der Waals surface area contributed by atoms with E-state index in [4.69, 9.17) is 4.42 Å². The smallest absolute Gasteiger partial charge is 0.204 e. The number of phenols is 2. The van der Waals surface area contributed by atoms with Crippen LogP contribution in [0.15, 0.2) is 67.9 Å². The molecule has 3 atom stereocenters. The molecule has 1 aromatic heterocycles. The Kier molecular flexibility index (Phi) is 9.08. The first-order valence-electron chi connectivity index (χ1n) is 15.7. The number of carbonyl (C=O) groups excluding carboxylic acids is 2. The molecule has 0 unspecified atom stereocenters. The van der Waals surface area contributed by atoms with Crippen molar-refractivity contribution in [2.45, 2.75) is 106 Å². The van der Waals surface area contributed by atoms with Gasteiger partial charge in [0.05, 0.1) is 16.2 Å². The van der Waals surface area contributed by atoms with Crippen molar-refractivity contribution in [1.82, 2.24) is 0 Å². The third kappa shape index (κ3) is 5.41. The molecule has 0 spiro atoms. The van der Waals surface area contributed by atoms with Gasteiger partial charge in [0.15, 0.2) is 23.1 Å². The number of fused-ring (bicyclic) bond motifs is 5. The largest absolute Gasteiger partial charge is 0.504 e. The number of rotatable bonds is 9. The predicted octanol–water partition coefficient (Wildman–Crippen LogP) is 9.04. The summed E-state index contributed by atoms with van der Waals surface area (Å²) in [5.74, 6) is -1.61. The standard InChI is InChI=1S/C38H48O6/c1-22(2)11-10-12-25(7)13-14-26-21-37(17-15-23(3)4)33(42)31-32(41)27-19-28(39)29(40)20-30(27)44-34(31)38(35(37)43,36(26,8)9)18-16-24(5)6/h11,13,15-16,19-20,26,39-40H,10,12,14,17-18,21H2,1-9H3/b25-13+/t26-,37-,38-/m0/s1. The zero-order valence-corrected chi connectivity index (χ0v) is 27.8. The first-order chi connectivity index (χ1) is 20.5. The van der Waals surface area contributed by atoms with Crippen molar-refractivity contribution in [2.75, 3.05) is 0 Å². The molecule has 236 valence electrons. The molecule has 1 fully saturated rings. The second-order valence-electron chi connectivity index (χ2n) is 14.3. The highest BCUT2D eigenvalue weighted by molar-refractivity contribution is 6.23. The number of benzene rings is 1.